The molecule has 0 saturated heterocycles. The lowest BCUT2D eigenvalue weighted by molar-refractivity contribution is -0.121. The average molecular weight is 520 g/mol. The molecule has 0 saturated carbocycles. The third-order valence-corrected chi connectivity index (χ3v) is 7.04. The first kappa shape index (κ1) is 25.8. The number of nitrogens with one attached hydrogen (secondary N) is 1. The second-order valence-electron chi connectivity index (χ2n) is 8.59. The summed E-state index contributed by atoms with van der Waals surface area (Å²) in [6, 6.07) is 5.83. The number of carbonyl (C=O) groups is 1. The van der Waals surface area contributed by atoms with Gasteiger partial charge in [0.05, 0.1) is 6.54 Å². The molecule has 36 heavy (non-hydrogen) atoms. The molecule has 0 radical (unpaired) electrons. The highest BCUT2D eigenvalue weighted by Gasteiger charge is 2.31. The summed E-state index contributed by atoms with van der Waals surface area (Å²) in [5, 5.41) is 6.84. The molecule has 4 rings (SSSR count). The first-order chi connectivity index (χ1) is 17.4. The number of dihydropyridines is 1. The zero-order valence-electron chi connectivity index (χ0n) is 21.0. The summed E-state index contributed by atoms with van der Waals surface area (Å²) < 4.78 is 0. The minimum atomic E-state index is -0.122. The summed E-state index contributed by atoms with van der Waals surface area (Å²) in [4.78, 5) is 29.0. The summed E-state index contributed by atoms with van der Waals surface area (Å²) in [5.74, 6) is 1.23. The van der Waals surface area contributed by atoms with Crippen LogP contribution in [0, 0.1) is 0 Å². The molecule has 2 aliphatic heterocycles. The van der Waals surface area contributed by atoms with Crippen LogP contribution in [0.2, 0.25) is 5.02 Å². The fraction of sp³-hybridized carbons (Fsp3) is 0.286. The molecule has 0 aliphatic carbocycles. The lowest BCUT2D eigenvalue weighted by Crippen LogP contribution is -2.41. The number of amidine groups is 1. The maximum absolute atomic E-state index is 13.7. The molecule has 1 aromatic carbocycles. The molecule has 1 aromatic heterocycles. The molecule has 0 unspecified atom stereocenters. The Morgan fingerprint density at radius 2 is 2.17 bits per heavy atom. The number of allylic oxidation sites excluding steroid dienone is 3. The van der Waals surface area contributed by atoms with Gasteiger partial charge in [0.2, 0.25) is 0 Å². The van der Waals surface area contributed by atoms with Crippen molar-refractivity contribution in [3.63, 3.8) is 0 Å². The highest BCUT2D eigenvalue weighted by molar-refractivity contribution is 7.09. The van der Waals surface area contributed by atoms with E-state index in [0.717, 1.165) is 46.1 Å². The molecule has 2 aliphatic rings. The number of aromatic nitrogens is 1. The summed E-state index contributed by atoms with van der Waals surface area (Å²) in [5.41, 5.74) is 5.20. The van der Waals surface area contributed by atoms with Gasteiger partial charge in [-0.05, 0) is 63.0 Å². The van der Waals surface area contributed by atoms with Gasteiger partial charge in [-0.1, -0.05) is 35.9 Å². The first-order valence-corrected chi connectivity index (χ1v) is 13.3. The van der Waals surface area contributed by atoms with E-state index in [-0.39, 0.29) is 5.91 Å². The van der Waals surface area contributed by atoms with Crippen LogP contribution in [0.25, 0.3) is 11.1 Å². The summed E-state index contributed by atoms with van der Waals surface area (Å²) >= 11 is 8.32. The van der Waals surface area contributed by atoms with Crippen molar-refractivity contribution in [3.8, 4) is 0 Å². The second-order valence-corrected chi connectivity index (χ2v) is 9.98. The smallest absolute Gasteiger partial charge is 0.260 e. The molecule has 0 atom stereocenters. The van der Waals surface area contributed by atoms with E-state index in [1.165, 1.54) is 0 Å². The Labute approximate surface area is 221 Å². The van der Waals surface area contributed by atoms with Crippen LogP contribution in [0.15, 0.2) is 75.0 Å². The van der Waals surface area contributed by atoms with E-state index in [4.69, 9.17) is 16.6 Å². The molecular weight excluding hydrogens is 490 g/mol. The molecule has 1 N–H and O–H groups in total. The van der Waals surface area contributed by atoms with E-state index >= 15 is 0 Å². The number of amides is 1. The number of carbonyl (C=O) groups excluding carboxylic acids is 1. The summed E-state index contributed by atoms with van der Waals surface area (Å²) in [6.07, 6.45) is 10.6. The van der Waals surface area contributed by atoms with Crippen molar-refractivity contribution in [2.45, 2.75) is 40.7 Å². The maximum Gasteiger partial charge on any atom is 0.260 e. The van der Waals surface area contributed by atoms with E-state index in [2.05, 4.69) is 21.4 Å². The Morgan fingerprint density at radius 3 is 2.78 bits per heavy atom. The number of likely N-dealkylation sites (N-methyl/N-ethyl adjacent to an activating group) is 1. The Balaban J connectivity index is 1.69. The van der Waals surface area contributed by atoms with Crippen molar-refractivity contribution in [2.75, 3.05) is 13.1 Å². The van der Waals surface area contributed by atoms with Crippen molar-refractivity contribution in [3.05, 3.63) is 86.1 Å². The van der Waals surface area contributed by atoms with Crippen LogP contribution in [0.3, 0.4) is 0 Å². The number of benzene rings is 1. The standard InChI is InChI=1S/C28H30ClN5OS/c1-5-19-14-23(22-10-9-20(15-24(22)29)21-8-7-11-30-16-21)28(35)34(6-2)27(19)33-26(18(3)4)32-17-25-31-12-13-36-25/h5,8-10,12-16,32H,6-7,11,17H2,1-4H3/b19-5-,33-27+. The molecule has 8 heteroatoms. The Morgan fingerprint density at radius 1 is 1.33 bits per heavy atom. The van der Waals surface area contributed by atoms with Gasteiger partial charge < -0.3 is 5.32 Å². The summed E-state index contributed by atoms with van der Waals surface area (Å²) in [7, 11) is 0. The Bertz CT molecular complexity index is 1330. The lowest BCUT2D eigenvalue weighted by Gasteiger charge is -2.30. The third kappa shape index (κ3) is 5.58. The van der Waals surface area contributed by atoms with Gasteiger partial charge in [-0.2, -0.15) is 0 Å². The van der Waals surface area contributed by atoms with Gasteiger partial charge in [0, 0.05) is 52.6 Å². The Hall–Kier alpha value is -3.29. The van der Waals surface area contributed by atoms with Crippen molar-refractivity contribution >= 4 is 52.0 Å². The molecule has 3 heterocycles. The SMILES string of the molecule is C/C=C1/C=C(c2ccc(C3=CCCN=C3)cc2Cl)C(=O)N(CC)/C1=N/C(NCc1nccs1)=C(C)C. The quantitative estimate of drug-likeness (QED) is 0.467. The van der Waals surface area contributed by atoms with Crippen LogP contribution in [0.1, 0.15) is 50.3 Å². The number of hydrogen-bond donors (Lipinski definition) is 1. The first-order valence-electron chi connectivity index (χ1n) is 12.0. The maximum atomic E-state index is 13.7. The largest absolute Gasteiger partial charge is 0.364 e. The molecule has 1 amide bonds. The van der Waals surface area contributed by atoms with Crippen molar-refractivity contribution in [1.82, 2.24) is 15.2 Å². The number of hydrogen-bond acceptors (Lipinski definition) is 6. The zero-order valence-corrected chi connectivity index (χ0v) is 22.6. The van der Waals surface area contributed by atoms with Crippen molar-refractivity contribution < 1.29 is 4.79 Å². The van der Waals surface area contributed by atoms with Crippen LogP contribution in [0.5, 0.6) is 0 Å². The van der Waals surface area contributed by atoms with Gasteiger partial charge in [-0.15, -0.1) is 11.3 Å². The van der Waals surface area contributed by atoms with Crippen LogP contribution in [-0.4, -0.2) is 40.9 Å². The third-order valence-electron chi connectivity index (χ3n) is 5.94. The fourth-order valence-electron chi connectivity index (χ4n) is 4.05. The van der Waals surface area contributed by atoms with Crippen molar-refractivity contribution in [2.24, 2.45) is 9.98 Å². The van der Waals surface area contributed by atoms with Crippen molar-refractivity contribution in [1.29, 1.82) is 0 Å². The fourth-order valence-corrected chi connectivity index (χ4v) is 4.89. The molecule has 0 spiro atoms. The minimum Gasteiger partial charge on any atom is -0.364 e. The van der Waals surface area contributed by atoms with Crippen LogP contribution in [0.4, 0.5) is 0 Å². The predicted molar refractivity (Wildman–Crippen MR) is 151 cm³/mol. The van der Waals surface area contributed by atoms with Gasteiger partial charge >= 0.3 is 0 Å². The van der Waals surface area contributed by atoms with E-state index < -0.39 is 0 Å². The number of rotatable bonds is 7. The normalized spacial score (nSPS) is 17.9. The average Bonchev–Trinajstić information content (AvgIpc) is 3.41. The molecule has 186 valence electrons. The van der Waals surface area contributed by atoms with E-state index in [9.17, 15) is 4.79 Å². The van der Waals surface area contributed by atoms with Gasteiger partial charge in [-0.3, -0.25) is 14.7 Å². The second kappa shape index (κ2) is 11.6. The zero-order chi connectivity index (χ0) is 25.7. The monoisotopic (exact) mass is 519 g/mol. The topological polar surface area (TPSA) is 70.0 Å². The summed E-state index contributed by atoms with van der Waals surface area (Å²) in [6.45, 7) is 9.77. The van der Waals surface area contributed by atoms with Gasteiger partial charge in [0.25, 0.3) is 5.91 Å². The van der Waals surface area contributed by atoms with E-state index in [1.807, 2.05) is 69.6 Å². The van der Waals surface area contributed by atoms with Gasteiger partial charge in [-0.25, -0.2) is 9.98 Å². The lowest BCUT2D eigenvalue weighted by atomic mass is 9.94. The number of thiazole rings is 1. The molecule has 0 bridgehead atoms. The van der Waals surface area contributed by atoms with E-state index in [1.54, 1.807) is 22.4 Å². The van der Waals surface area contributed by atoms with Crippen LogP contribution >= 0.6 is 22.9 Å². The number of aliphatic imine (C=N–C) groups is 2. The molecule has 6 nitrogen and oxygen atoms in total. The van der Waals surface area contributed by atoms with Gasteiger partial charge in [0.15, 0.2) is 0 Å². The van der Waals surface area contributed by atoms with E-state index in [0.29, 0.717) is 35.1 Å². The molecule has 2 aromatic rings. The predicted octanol–water partition coefficient (Wildman–Crippen LogP) is 6.29. The highest BCUT2D eigenvalue weighted by atomic mass is 35.5. The highest BCUT2D eigenvalue weighted by Crippen LogP contribution is 2.33. The molecule has 0 fully saturated rings. The van der Waals surface area contributed by atoms with Crippen LogP contribution < -0.4 is 5.32 Å². The molecular formula is C28H30ClN5OS. The number of halogens is 1. The Kier molecular flexibility index (Phi) is 8.33. The van der Waals surface area contributed by atoms with Gasteiger partial charge in [0.1, 0.15) is 16.7 Å². The van der Waals surface area contributed by atoms with Crippen LogP contribution in [-0.2, 0) is 11.3 Å². The minimum absolute atomic E-state index is 0.122. The number of nitrogens with zero attached hydrogens (tertiary/aromatic N) is 4.